The molecular weight excluding hydrogens is 381 g/mol. The third-order valence-corrected chi connectivity index (χ3v) is 5.09. The number of rotatable bonds is 6. The average Bonchev–Trinajstić information content (AvgIpc) is 3.16. The highest BCUT2D eigenvalue weighted by Crippen LogP contribution is 2.23. The average molecular weight is 406 g/mol. The van der Waals surface area contributed by atoms with E-state index < -0.39 is 0 Å². The summed E-state index contributed by atoms with van der Waals surface area (Å²) in [5, 5.41) is 7.39. The second-order valence-electron chi connectivity index (χ2n) is 6.59. The fourth-order valence-electron chi connectivity index (χ4n) is 3.24. The van der Waals surface area contributed by atoms with Gasteiger partial charge in [0.25, 0.3) is 0 Å². The number of aliphatic imine (C=N–C) groups is 1. The van der Waals surface area contributed by atoms with Crippen LogP contribution in [0.25, 0.3) is 0 Å². The van der Waals surface area contributed by atoms with Crippen LogP contribution >= 0.6 is 11.6 Å². The number of ether oxygens (including phenoxy) is 1. The van der Waals surface area contributed by atoms with Gasteiger partial charge in [-0.15, -0.1) is 0 Å². The first kappa shape index (κ1) is 20.2. The molecule has 1 saturated heterocycles. The monoisotopic (exact) mass is 405 g/mol. The molecule has 1 aromatic heterocycles. The van der Waals surface area contributed by atoms with Gasteiger partial charge in [-0.2, -0.15) is 0 Å². The normalized spacial score (nSPS) is 16.9. The Hall–Kier alpha value is -2.54. The SMILES string of the molecule is CN=C(NCCc1ccc(OC)cc1Cl)NC1CCN(c2ncccc2F)C1. The van der Waals surface area contributed by atoms with Crippen LogP contribution in [0.4, 0.5) is 10.2 Å². The standard InChI is InChI=1S/C20H25ClFN5O/c1-23-20(25-10-7-14-5-6-16(28-2)12-17(14)21)26-15-8-11-27(13-15)19-18(22)4-3-9-24-19/h3-6,9,12,15H,7-8,10-11,13H2,1-2H3,(H2,23,25,26). The first-order chi connectivity index (χ1) is 13.6. The molecule has 0 saturated carbocycles. The number of pyridine rings is 1. The van der Waals surface area contributed by atoms with Gasteiger partial charge in [0.2, 0.25) is 0 Å². The number of guanidine groups is 1. The zero-order valence-electron chi connectivity index (χ0n) is 16.1. The quantitative estimate of drug-likeness (QED) is 0.571. The summed E-state index contributed by atoms with van der Waals surface area (Å²) in [6.45, 7) is 2.13. The van der Waals surface area contributed by atoms with Crippen LogP contribution in [0, 0.1) is 5.82 Å². The lowest BCUT2D eigenvalue weighted by Crippen LogP contribution is -2.45. The van der Waals surface area contributed by atoms with Crippen molar-refractivity contribution in [3.8, 4) is 5.75 Å². The summed E-state index contributed by atoms with van der Waals surface area (Å²) < 4.78 is 19.1. The number of methoxy groups -OCH3 is 1. The van der Waals surface area contributed by atoms with Crippen LogP contribution in [0.3, 0.4) is 0 Å². The van der Waals surface area contributed by atoms with Crippen LogP contribution in [-0.4, -0.2) is 50.8 Å². The minimum absolute atomic E-state index is 0.178. The second kappa shape index (κ2) is 9.59. The highest BCUT2D eigenvalue weighted by molar-refractivity contribution is 6.31. The smallest absolute Gasteiger partial charge is 0.191 e. The molecule has 0 spiro atoms. The van der Waals surface area contributed by atoms with E-state index in [1.165, 1.54) is 6.07 Å². The molecular formula is C20H25ClFN5O. The van der Waals surface area contributed by atoms with E-state index in [0.29, 0.717) is 23.9 Å². The molecule has 0 radical (unpaired) electrons. The van der Waals surface area contributed by atoms with E-state index in [9.17, 15) is 4.39 Å². The van der Waals surface area contributed by atoms with Crippen molar-refractivity contribution < 1.29 is 9.13 Å². The Morgan fingerprint density at radius 1 is 1.43 bits per heavy atom. The van der Waals surface area contributed by atoms with Gasteiger partial charge >= 0.3 is 0 Å². The van der Waals surface area contributed by atoms with Gasteiger partial charge in [-0.3, -0.25) is 4.99 Å². The number of nitrogens with one attached hydrogen (secondary N) is 2. The highest BCUT2D eigenvalue weighted by atomic mass is 35.5. The Labute approximate surface area is 169 Å². The van der Waals surface area contributed by atoms with E-state index >= 15 is 0 Å². The molecule has 0 aliphatic carbocycles. The molecule has 1 aliphatic heterocycles. The topological polar surface area (TPSA) is 61.8 Å². The van der Waals surface area contributed by atoms with Gasteiger partial charge in [0, 0.05) is 43.9 Å². The van der Waals surface area contributed by atoms with E-state index in [1.807, 2.05) is 23.1 Å². The zero-order chi connectivity index (χ0) is 19.9. The molecule has 1 aromatic carbocycles. The van der Waals surface area contributed by atoms with E-state index in [1.54, 1.807) is 26.4 Å². The number of hydrogen-bond acceptors (Lipinski definition) is 4. The van der Waals surface area contributed by atoms with Crippen LogP contribution in [0.15, 0.2) is 41.5 Å². The second-order valence-corrected chi connectivity index (χ2v) is 7.00. The molecule has 2 aromatic rings. The summed E-state index contributed by atoms with van der Waals surface area (Å²) in [7, 11) is 3.36. The summed E-state index contributed by atoms with van der Waals surface area (Å²) in [6.07, 6.45) is 3.27. The van der Waals surface area contributed by atoms with Crippen LogP contribution in [0.1, 0.15) is 12.0 Å². The maximum Gasteiger partial charge on any atom is 0.191 e. The fraction of sp³-hybridized carbons (Fsp3) is 0.400. The molecule has 1 atom stereocenters. The fourth-order valence-corrected chi connectivity index (χ4v) is 3.51. The van der Waals surface area contributed by atoms with Gasteiger partial charge in [-0.1, -0.05) is 17.7 Å². The van der Waals surface area contributed by atoms with Crippen molar-refractivity contribution in [3.05, 3.63) is 52.9 Å². The van der Waals surface area contributed by atoms with Crippen LogP contribution < -0.4 is 20.3 Å². The predicted molar refractivity (Wildman–Crippen MR) is 111 cm³/mol. The predicted octanol–water partition coefficient (Wildman–Crippen LogP) is 2.87. The van der Waals surface area contributed by atoms with Gasteiger partial charge < -0.3 is 20.3 Å². The number of hydrogen-bond donors (Lipinski definition) is 2. The Kier molecular flexibility index (Phi) is 6.92. The molecule has 3 rings (SSSR count). The van der Waals surface area contributed by atoms with Gasteiger partial charge in [0.15, 0.2) is 17.6 Å². The number of anilines is 1. The van der Waals surface area contributed by atoms with Gasteiger partial charge in [0.05, 0.1) is 7.11 Å². The zero-order valence-corrected chi connectivity index (χ0v) is 16.8. The van der Waals surface area contributed by atoms with E-state index in [4.69, 9.17) is 16.3 Å². The lowest BCUT2D eigenvalue weighted by Gasteiger charge is -2.20. The molecule has 1 aliphatic rings. The Balaban J connectivity index is 1.48. The van der Waals surface area contributed by atoms with Crippen LogP contribution in [0.2, 0.25) is 5.02 Å². The molecule has 28 heavy (non-hydrogen) atoms. The van der Waals surface area contributed by atoms with Crippen molar-refractivity contribution in [1.82, 2.24) is 15.6 Å². The Bertz CT molecular complexity index is 832. The van der Waals surface area contributed by atoms with Crippen LogP contribution in [0.5, 0.6) is 5.75 Å². The lowest BCUT2D eigenvalue weighted by atomic mass is 10.1. The molecule has 1 unspecified atom stereocenters. The summed E-state index contributed by atoms with van der Waals surface area (Å²) in [5.74, 6) is 1.58. The summed E-state index contributed by atoms with van der Waals surface area (Å²) >= 11 is 6.29. The lowest BCUT2D eigenvalue weighted by molar-refractivity contribution is 0.414. The van der Waals surface area contributed by atoms with Crippen LogP contribution in [-0.2, 0) is 6.42 Å². The first-order valence-corrected chi connectivity index (χ1v) is 9.63. The molecule has 1 fully saturated rings. The minimum atomic E-state index is -0.290. The number of halogens is 2. The molecule has 0 bridgehead atoms. The third-order valence-electron chi connectivity index (χ3n) is 4.74. The van der Waals surface area contributed by atoms with Crippen molar-refractivity contribution in [3.63, 3.8) is 0 Å². The minimum Gasteiger partial charge on any atom is -0.497 e. The van der Waals surface area contributed by atoms with Crippen molar-refractivity contribution >= 4 is 23.4 Å². The van der Waals surface area contributed by atoms with Crippen molar-refractivity contribution in [1.29, 1.82) is 0 Å². The highest BCUT2D eigenvalue weighted by Gasteiger charge is 2.25. The Morgan fingerprint density at radius 2 is 2.29 bits per heavy atom. The molecule has 150 valence electrons. The molecule has 2 heterocycles. The van der Waals surface area contributed by atoms with Gasteiger partial charge in [0.1, 0.15) is 5.75 Å². The van der Waals surface area contributed by atoms with Crippen molar-refractivity contribution in [2.75, 3.05) is 38.7 Å². The summed E-state index contributed by atoms with van der Waals surface area (Å²) in [6, 6.07) is 8.90. The van der Waals surface area contributed by atoms with E-state index in [2.05, 4.69) is 20.6 Å². The van der Waals surface area contributed by atoms with Crippen molar-refractivity contribution in [2.45, 2.75) is 18.9 Å². The van der Waals surface area contributed by atoms with Crippen molar-refractivity contribution in [2.24, 2.45) is 4.99 Å². The first-order valence-electron chi connectivity index (χ1n) is 9.25. The van der Waals surface area contributed by atoms with Gasteiger partial charge in [-0.05, 0) is 42.7 Å². The van der Waals surface area contributed by atoms with E-state index in [0.717, 1.165) is 36.7 Å². The van der Waals surface area contributed by atoms with Gasteiger partial charge in [-0.25, -0.2) is 9.37 Å². The number of nitrogens with zero attached hydrogens (tertiary/aromatic N) is 3. The largest absolute Gasteiger partial charge is 0.497 e. The van der Waals surface area contributed by atoms with E-state index in [-0.39, 0.29) is 11.9 Å². The summed E-state index contributed by atoms with van der Waals surface area (Å²) in [5.41, 5.74) is 1.04. The summed E-state index contributed by atoms with van der Waals surface area (Å²) in [4.78, 5) is 10.4. The molecule has 2 N–H and O–H groups in total. The third kappa shape index (κ3) is 5.04. The maximum atomic E-state index is 13.9. The molecule has 0 amide bonds. The Morgan fingerprint density at radius 3 is 3.00 bits per heavy atom. The number of aromatic nitrogens is 1. The molecule has 8 heteroatoms. The number of benzene rings is 1. The molecule has 6 nitrogen and oxygen atoms in total. The maximum absolute atomic E-state index is 13.9.